The van der Waals surface area contributed by atoms with Gasteiger partial charge in [0, 0.05) is 0 Å². The lowest BCUT2D eigenvalue weighted by atomic mass is 9.79. The summed E-state index contributed by atoms with van der Waals surface area (Å²) in [6.45, 7) is 19.6. The summed E-state index contributed by atoms with van der Waals surface area (Å²) in [4.78, 5) is 25.0. The van der Waals surface area contributed by atoms with Gasteiger partial charge in [0.25, 0.3) is 0 Å². The van der Waals surface area contributed by atoms with E-state index < -0.39 is 0 Å². The lowest BCUT2D eigenvalue weighted by molar-refractivity contribution is -0.155. The number of ether oxygens (including phenoxy) is 2. The predicted molar refractivity (Wildman–Crippen MR) is 151 cm³/mol. The summed E-state index contributed by atoms with van der Waals surface area (Å²) in [6, 6.07) is 0. The van der Waals surface area contributed by atoms with E-state index in [-0.39, 0.29) is 23.8 Å². The van der Waals surface area contributed by atoms with E-state index in [1.807, 2.05) is 0 Å². The van der Waals surface area contributed by atoms with Gasteiger partial charge in [0.15, 0.2) is 0 Å². The summed E-state index contributed by atoms with van der Waals surface area (Å²) in [5, 5.41) is 0. The van der Waals surface area contributed by atoms with Crippen molar-refractivity contribution in [3.8, 4) is 0 Å². The highest BCUT2D eigenvalue weighted by Gasteiger charge is 2.31. The Morgan fingerprint density at radius 1 is 0.694 bits per heavy atom. The molecule has 0 heterocycles. The van der Waals surface area contributed by atoms with Gasteiger partial charge in [-0.15, -0.1) is 0 Å². The van der Waals surface area contributed by atoms with E-state index in [1.54, 1.807) is 0 Å². The predicted octanol–water partition coefficient (Wildman–Crippen LogP) is 9.14. The van der Waals surface area contributed by atoms with Gasteiger partial charge >= 0.3 is 11.9 Å². The first-order valence-corrected chi connectivity index (χ1v) is 15.2. The highest BCUT2D eigenvalue weighted by Crippen LogP contribution is 2.34. The molecule has 0 aliphatic heterocycles. The fourth-order valence-corrected chi connectivity index (χ4v) is 6.66. The molecule has 1 rings (SSSR count). The number of carbonyl (C=O) groups is 2. The van der Waals surface area contributed by atoms with Gasteiger partial charge in [-0.2, -0.15) is 0 Å². The number of hydrogen-bond donors (Lipinski definition) is 0. The molecule has 1 aliphatic carbocycles. The van der Waals surface area contributed by atoms with Crippen molar-refractivity contribution in [1.29, 1.82) is 0 Å². The van der Waals surface area contributed by atoms with Crippen LogP contribution in [-0.4, -0.2) is 25.2 Å². The average Bonchev–Trinajstić information content (AvgIpc) is 2.78. The van der Waals surface area contributed by atoms with Crippen molar-refractivity contribution in [2.75, 3.05) is 13.2 Å². The van der Waals surface area contributed by atoms with E-state index in [1.165, 1.54) is 38.5 Å². The maximum Gasteiger partial charge on any atom is 0.308 e. The van der Waals surface area contributed by atoms with Crippen molar-refractivity contribution in [1.82, 2.24) is 0 Å². The molecule has 0 aromatic carbocycles. The van der Waals surface area contributed by atoms with Crippen LogP contribution in [-0.2, 0) is 19.1 Å². The second kappa shape index (κ2) is 16.7. The molecule has 1 aliphatic rings. The fourth-order valence-electron chi connectivity index (χ4n) is 6.66. The quantitative estimate of drug-likeness (QED) is 0.137. The molecule has 1 saturated carbocycles. The fraction of sp³-hybridized carbons (Fsp3) is 0.938. The van der Waals surface area contributed by atoms with Crippen molar-refractivity contribution in [3.63, 3.8) is 0 Å². The zero-order valence-electron chi connectivity index (χ0n) is 25.3. The van der Waals surface area contributed by atoms with Gasteiger partial charge in [0.05, 0.1) is 25.0 Å². The van der Waals surface area contributed by atoms with Gasteiger partial charge in [-0.25, -0.2) is 0 Å². The molecule has 0 bridgehead atoms. The first-order chi connectivity index (χ1) is 16.9. The van der Waals surface area contributed by atoms with Crippen LogP contribution in [0.15, 0.2) is 0 Å². The van der Waals surface area contributed by atoms with Crippen LogP contribution in [0.3, 0.4) is 0 Å². The zero-order valence-corrected chi connectivity index (χ0v) is 25.3. The molecule has 36 heavy (non-hydrogen) atoms. The maximum atomic E-state index is 12.5. The van der Waals surface area contributed by atoms with E-state index in [0.29, 0.717) is 35.9 Å². The Balaban J connectivity index is 2.18. The molecule has 2 unspecified atom stereocenters. The van der Waals surface area contributed by atoms with Gasteiger partial charge < -0.3 is 9.47 Å². The molecule has 212 valence electrons. The van der Waals surface area contributed by atoms with Crippen LogP contribution in [0.5, 0.6) is 0 Å². The van der Waals surface area contributed by atoms with E-state index in [4.69, 9.17) is 9.47 Å². The molecule has 0 aromatic rings. The highest BCUT2D eigenvalue weighted by molar-refractivity contribution is 5.75. The second-order valence-electron chi connectivity index (χ2n) is 13.6. The summed E-state index contributed by atoms with van der Waals surface area (Å²) in [6.07, 6.45) is 14.5. The summed E-state index contributed by atoms with van der Waals surface area (Å²) in [5.41, 5.74) is 0.795. The Bertz CT molecular complexity index is 562. The monoisotopic (exact) mass is 508 g/mol. The molecule has 1 fully saturated rings. The minimum atomic E-state index is -0.0687. The van der Waals surface area contributed by atoms with Crippen molar-refractivity contribution < 1.29 is 19.1 Å². The first kappa shape index (κ1) is 33.0. The van der Waals surface area contributed by atoms with Gasteiger partial charge in [-0.05, 0) is 99.7 Å². The molecule has 0 aromatic heterocycles. The Morgan fingerprint density at radius 2 is 1.03 bits per heavy atom. The maximum absolute atomic E-state index is 12.5. The third-order valence-corrected chi connectivity index (χ3v) is 8.22. The average molecular weight is 509 g/mol. The van der Waals surface area contributed by atoms with Crippen LogP contribution in [0, 0.1) is 34.5 Å². The summed E-state index contributed by atoms with van der Waals surface area (Å²) in [7, 11) is 0. The van der Waals surface area contributed by atoms with Gasteiger partial charge in [-0.1, -0.05) is 68.2 Å². The second-order valence-corrected chi connectivity index (χ2v) is 13.6. The molecule has 0 amide bonds. The van der Waals surface area contributed by atoms with E-state index in [9.17, 15) is 9.59 Å². The minimum Gasteiger partial charge on any atom is -0.465 e. The third-order valence-electron chi connectivity index (χ3n) is 8.22. The number of esters is 2. The highest BCUT2D eigenvalue weighted by atomic mass is 16.5. The summed E-state index contributed by atoms with van der Waals surface area (Å²) < 4.78 is 11.2. The van der Waals surface area contributed by atoms with Crippen molar-refractivity contribution in [3.05, 3.63) is 0 Å². The first-order valence-electron chi connectivity index (χ1n) is 15.2. The SMILES string of the molecule is CCCC(C)(C)CC(C)CCCOC(=O)C1CCC(C(=O)OCCCC(C)CC(C)(C)CCC)CC1. The van der Waals surface area contributed by atoms with E-state index in [0.717, 1.165) is 51.4 Å². The minimum absolute atomic E-state index is 0.0534. The van der Waals surface area contributed by atoms with Crippen LogP contribution in [0.2, 0.25) is 0 Å². The topological polar surface area (TPSA) is 52.6 Å². The van der Waals surface area contributed by atoms with Crippen LogP contribution in [0.25, 0.3) is 0 Å². The number of hydrogen-bond acceptors (Lipinski definition) is 4. The van der Waals surface area contributed by atoms with Crippen molar-refractivity contribution in [2.45, 2.75) is 145 Å². The third kappa shape index (κ3) is 14.0. The standard InChI is InChI=1S/C32H60O4/c1-9-19-31(5,6)23-25(3)13-11-21-35-29(33)27-15-17-28(18-16-27)30(34)36-22-12-14-26(4)24-32(7,8)20-10-2/h25-28H,9-24H2,1-8H3. The Morgan fingerprint density at radius 3 is 1.33 bits per heavy atom. The van der Waals surface area contributed by atoms with E-state index in [2.05, 4.69) is 55.4 Å². The number of rotatable bonds is 18. The molecular formula is C32H60O4. The molecule has 4 heteroatoms. The van der Waals surface area contributed by atoms with Gasteiger partial charge in [0.2, 0.25) is 0 Å². The van der Waals surface area contributed by atoms with E-state index >= 15 is 0 Å². The molecule has 0 N–H and O–H groups in total. The lowest BCUT2D eigenvalue weighted by Gasteiger charge is -2.28. The largest absolute Gasteiger partial charge is 0.465 e. The summed E-state index contributed by atoms with van der Waals surface area (Å²) >= 11 is 0. The Hall–Kier alpha value is -1.06. The van der Waals surface area contributed by atoms with Gasteiger partial charge in [-0.3, -0.25) is 9.59 Å². The lowest BCUT2D eigenvalue weighted by Crippen LogP contribution is -2.28. The van der Waals surface area contributed by atoms with Crippen LogP contribution in [0.1, 0.15) is 145 Å². The molecule has 4 nitrogen and oxygen atoms in total. The zero-order chi connectivity index (χ0) is 27.2. The Labute approximate surface area is 224 Å². The normalized spacial score (nSPS) is 20.6. The van der Waals surface area contributed by atoms with Crippen molar-refractivity contribution >= 4 is 11.9 Å². The van der Waals surface area contributed by atoms with Gasteiger partial charge in [0.1, 0.15) is 0 Å². The molecule has 0 radical (unpaired) electrons. The van der Waals surface area contributed by atoms with Crippen molar-refractivity contribution in [2.24, 2.45) is 34.5 Å². The molecular weight excluding hydrogens is 448 g/mol. The Kier molecular flexibility index (Phi) is 15.3. The number of carbonyl (C=O) groups excluding carboxylic acids is 2. The molecule has 0 saturated heterocycles. The molecule has 0 spiro atoms. The molecule has 2 atom stereocenters. The van der Waals surface area contributed by atoms with Crippen LogP contribution >= 0.6 is 0 Å². The van der Waals surface area contributed by atoms with Crippen LogP contribution < -0.4 is 0 Å². The smallest absolute Gasteiger partial charge is 0.308 e. The summed E-state index contributed by atoms with van der Waals surface area (Å²) in [5.74, 6) is 1.07. The van der Waals surface area contributed by atoms with Crippen LogP contribution in [0.4, 0.5) is 0 Å².